The average Bonchev–Trinajstić information content (AvgIpc) is 2.69. The number of hydrogen-bond acceptors (Lipinski definition) is 3. The van der Waals surface area contributed by atoms with Crippen LogP contribution >= 0.6 is 11.6 Å². The molecule has 1 aliphatic rings. The fourth-order valence-corrected chi connectivity index (χ4v) is 4.59. The fraction of sp³-hybridized carbons (Fsp3) is 0.538. The lowest BCUT2D eigenvalue weighted by atomic mass is 9.98. The molecule has 0 amide bonds. The van der Waals surface area contributed by atoms with Crippen molar-refractivity contribution < 1.29 is 8.42 Å². The van der Waals surface area contributed by atoms with Crippen LogP contribution in [0.1, 0.15) is 17.4 Å². The van der Waals surface area contributed by atoms with Crippen LogP contribution in [0.3, 0.4) is 0 Å². The lowest BCUT2D eigenvalue weighted by Crippen LogP contribution is -2.11. The van der Waals surface area contributed by atoms with E-state index in [9.17, 15) is 8.42 Å². The average molecular weight is 288 g/mol. The van der Waals surface area contributed by atoms with Crippen molar-refractivity contribution >= 4 is 27.1 Å². The summed E-state index contributed by atoms with van der Waals surface area (Å²) in [6, 6.07) is 7.98. The highest BCUT2D eigenvalue weighted by Gasteiger charge is 2.33. The van der Waals surface area contributed by atoms with Gasteiger partial charge in [-0.2, -0.15) is 0 Å². The minimum atomic E-state index is -2.86. The van der Waals surface area contributed by atoms with Crippen LogP contribution in [-0.2, 0) is 9.84 Å². The molecule has 18 heavy (non-hydrogen) atoms. The van der Waals surface area contributed by atoms with E-state index >= 15 is 0 Å². The smallest absolute Gasteiger partial charge is 0.150 e. The molecule has 1 saturated heterocycles. The van der Waals surface area contributed by atoms with Gasteiger partial charge in [-0.05, 0) is 30.0 Å². The third-order valence-electron chi connectivity index (χ3n) is 3.41. The highest BCUT2D eigenvalue weighted by molar-refractivity contribution is 7.91. The predicted molar refractivity (Wildman–Crippen MR) is 76.1 cm³/mol. The third-order valence-corrected chi connectivity index (χ3v) is 5.81. The summed E-state index contributed by atoms with van der Waals surface area (Å²) in [7, 11) is 1.10. The van der Waals surface area contributed by atoms with E-state index in [-0.39, 0.29) is 22.8 Å². The van der Waals surface area contributed by atoms with Crippen LogP contribution in [0.15, 0.2) is 24.3 Å². The molecule has 5 heteroatoms. The van der Waals surface area contributed by atoms with E-state index in [0.29, 0.717) is 6.42 Å². The van der Waals surface area contributed by atoms with E-state index < -0.39 is 9.84 Å². The lowest BCUT2D eigenvalue weighted by molar-refractivity contribution is 0.569. The quantitative estimate of drug-likeness (QED) is 0.802. The van der Waals surface area contributed by atoms with E-state index in [1.807, 2.05) is 43.3 Å². The Kier molecular flexibility index (Phi) is 3.87. The van der Waals surface area contributed by atoms with Gasteiger partial charge in [-0.25, -0.2) is 8.42 Å². The van der Waals surface area contributed by atoms with E-state index in [1.54, 1.807) is 0 Å². The van der Waals surface area contributed by atoms with Gasteiger partial charge < -0.3 is 4.90 Å². The van der Waals surface area contributed by atoms with Crippen molar-refractivity contribution in [3.8, 4) is 0 Å². The molecule has 0 radical (unpaired) electrons. The van der Waals surface area contributed by atoms with Crippen LogP contribution in [-0.4, -0.2) is 34.0 Å². The minimum Gasteiger partial charge on any atom is -0.378 e. The first-order chi connectivity index (χ1) is 8.39. The Morgan fingerprint density at radius 3 is 2.33 bits per heavy atom. The van der Waals surface area contributed by atoms with Crippen molar-refractivity contribution in [2.45, 2.75) is 11.8 Å². The number of benzene rings is 1. The third kappa shape index (κ3) is 2.98. The number of alkyl halides is 1. The molecule has 0 spiro atoms. The van der Waals surface area contributed by atoms with Crippen molar-refractivity contribution in [2.24, 2.45) is 5.92 Å². The molecule has 0 saturated carbocycles. The molecule has 3 nitrogen and oxygen atoms in total. The van der Waals surface area contributed by atoms with E-state index in [1.165, 1.54) is 0 Å². The van der Waals surface area contributed by atoms with Gasteiger partial charge in [-0.3, -0.25) is 0 Å². The van der Waals surface area contributed by atoms with Gasteiger partial charge >= 0.3 is 0 Å². The Morgan fingerprint density at radius 2 is 1.89 bits per heavy atom. The van der Waals surface area contributed by atoms with Gasteiger partial charge in [0.25, 0.3) is 0 Å². The Labute approximate surface area is 114 Å². The maximum absolute atomic E-state index is 11.5. The first-order valence-corrected chi connectivity index (χ1v) is 8.26. The topological polar surface area (TPSA) is 37.4 Å². The van der Waals surface area contributed by atoms with Crippen molar-refractivity contribution in [3.63, 3.8) is 0 Å². The second kappa shape index (κ2) is 5.10. The summed E-state index contributed by atoms with van der Waals surface area (Å²) in [6.45, 7) is 0. The zero-order valence-electron chi connectivity index (χ0n) is 10.6. The predicted octanol–water partition coefficient (Wildman–Crippen LogP) is 2.47. The molecule has 0 aromatic heterocycles. The van der Waals surface area contributed by atoms with Crippen LogP contribution in [0, 0.1) is 5.92 Å². The number of halogens is 1. The molecule has 100 valence electrons. The fourth-order valence-electron chi connectivity index (χ4n) is 2.28. The summed E-state index contributed by atoms with van der Waals surface area (Å²) in [5, 5.41) is -0.210. The van der Waals surface area contributed by atoms with Crippen LogP contribution < -0.4 is 4.90 Å². The molecule has 2 rings (SSSR count). The molecular formula is C13H18ClNO2S. The monoisotopic (exact) mass is 287 g/mol. The first kappa shape index (κ1) is 13.7. The van der Waals surface area contributed by atoms with Gasteiger partial charge in [-0.15, -0.1) is 11.6 Å². The zero-order valence-corrected chi connectivity index (χ0v) is 12.2. The van der Waals surface area contributed by atoms with E-state index in [2.05, 4.69) is 0 Å². The second-order valence-corrected chi connectivity index (χ2v) is 7.75. The Hall–Kier alpha value is -0.740. The summed E-state index contributed by atoms with van der Waals surface area (Å²) in [5.74, 6) is 0.537. The molecule has 1 aliphatic heterocycles. The van der Waals surface area contributed by atoms with Crippen LogP contribution in [0.4, 0.5) is 5.69 Å². The molecule has 1 heterocycles. The second-order valence-electron chi connectivity index (χ2n) is 5.05. The van der Waals surface area contributed by atoms with Crippen molar-refractivity contribution in [3.05, 3.63) is 29.8 Å². The summed E-state index contributed by atoms with van der Waals surface area (Å²) in [5.41, 5.74) is 2.12. The van der Waals surface area contributed by atoms with Gasteiger partial charge in [0.2, 0.25) is 0 Å². The highest BCUT2D eigenvalue weighted by atomic mass is 35.5. The maximum atomic E-state index is 11.5. The first-order valence-electron chi connectivity index (χ1n) is 6.01. The number of sulfone groups is 1. The molecule has 0 bridgehead atoms. The Balaban J connectivity index is 2.12. The number of rotatable bonds is 3. The number of hydrogen-bond donors (Lipinski definition) is 0. The van der Waals surface area contributed by atoms with Crippen LogP contribution in [0.25, 0.3) is 0 Å². The van der Waals surface area contributed by atoms with Crippen molar-refractivity contribution in [1.29, 1.82) is 0 Å². The van der Waals surface area contributed by atoms with E-state index in [4.69, 9.17) is 11.6 Å². The van der Waals surface area contributed by atoms with Gasteiger partial charge in [0.05, 0.1) is 16.9 Å². The normalized spacial score (nSPS) is 23.8. The lowest BCUT2D eigenvalue weighted by Gasteiger charge is -2.18. The molecule has 1 aromatic carbocycles. The summed E-state index contributed by atoms with van der Waals surface area (Å²) < 4.78 is 22.9. The van der Waals surface area contributed by atoms with Gasteiger partial charge in [0.15, 0.2) is 9.84 Å². The largest absolute Gasteiger partial charge is 0.378 e. The molecular weight excluding hydrogens is 270 g/mol. The van der Waals surface area contributed by atoms with Crippen LogP contribution in [0.5, 0.6) is 0 Å². The van der Waals surface area contributed by atoms with Gasteiger partial charge in [0.1, 0.15) is 0 Å². The molecule has 2 atom stereocenters. The summed E-state index contributed by atoms with van der Waals surface area (Å²) in [4.78, 5) is 2.02. The molecule has 2 unspecified atom stereocenters. The van der Waals surface area contributed by atoms with Crippen molar-refractivity contribution in [2.75, 3.05) is 30.5 Å². The molecule has 0 N–H and O–H groups in total. The number of nitrogens with zero attached hydrogens (tertiary/aromatic N) is 1. The zero-order chi connectivity index (χ0) is 13.3. The Morgan fingerprint density at radius 1 is 1.28 bits per heavy atom. The summed E-state index contributed by atoms with van der Waals surface area (Å²) >= 11 is 6.39. The Bertz CT molecular complexity index is 510. The van der Waals surface area contributed by atoms with Gasteiger partial charge in [0, 0.05) is 19.8 Å². The SMILES string of the molecule is CN(C)c1ccc(C(Cl)C2CCS(=O)(=O)C2)cc1. The molecule has 1 fully saturated rings. The van der Waals surface area contributed by atoms with Crippen LogP contribution in [0.2, 0.25) is 0 Å². The molecule has 1 aromatic rings. The standard InChI is InChI=1S/C13H18ClNO2S/c1-15(2)12-5-3-10(4-6-12)13(14)11-7-8-18(16,17)9-11/h3-6,11,13H,7-9H2,1-2H3. The summed E-state index contributed by atoms with van der Waals surface area (Å²) in [6.07, 6.45) is 0.673. The van der Waals surface area contributed by atoms with Crippen molar-refractivity contribution in [1.82, 2.24) is 0 Å². The maximum Gasteiger partial charge on any atom is 0.150 e. The number of anilines is 1. The molecule has 0 aliphatic carbocycles. The van der Waals surface area contributed by atoms with Gasteiger partial charge in [-0.1, -0.05) is 12.1 Å². The van der Waals surface area contributed by atoms with E-state index in [0.717, 1.165) is 11.3 Å². The highest BCUT2D eigenvalue weighted by Crippen LogP contribution is 2.36. The minimum absolute atomic E-state index is 0.0434.